The monoisotopic (exact) mass is 432 g/mol. The summed E-state index contributed by atoms with van der Waals surface area (Å²) in [5.41, 5.74) is -0.401. The lowest BCUT2D eigenvalue weighted by atomic mass is 9.85. The Labute approximate surface area is 178 Å². The van der Waals surface area contributed by atoms with Crippen molar-refractivity contribution in [2.45, 2.75) is 44.4 Å². The van der Waals surface area contributed by atoms with Gasteiger partial charge in [-0.3, -0.25) is 4.79 Å². The van der Waals surface area contributed by atoms with Gasteiger partial charge in [0.15, 0.2) is 0 Å². The molecule has 1 aromatic carbocycles. The molecular formula is C21H23F3N6O. The van der Waals surface area contributed by atoms with Crippen molar-refractivity contribution >= 4 is 17.7 Å². The van der Waals surface area contributed by atoms with Gasteiger partial charge in [-0.05, 0) is 37.3 Å². The number of anilines is 2. The van der Waals surface area contributed by atoms with Gasteiger partial charge in [0.25, 0.3) is 0 Å². The van der Waals surface area contributed by atoms with E-state index in [0.29, 0.717) is 5.82 Å². The van der Waals surface area contributed by atoms with E-state index >= 15 is 0 Å². The smallest absolute Gasteiger partial charge is 0.366 e. The first-order valence-electron chi connectivity index (χ1n) is 9.96. The van der Waals surface area contributed by atoms with Crippen LogP contribution in [0.25, 0.3) is 0 Å². The minimum absolute atomic E-state index is 0.0187. The van der Waals surface area contributed by atoms with E-state index in [-0.39, 0.29) is 41.5 Å². The highest BCUT2D eigenvalue weighted by Gasteiger charge is 2.32. The Morgan fingerprint density at radius 2 is 1.94 bits per heavy atom. The van der Waals surface area contributed by atoms with Crippen LogP contribution in [0.4, 0.5) is 24.9 Å². The number of rotatable bonds is 6. The lowest BCUT2D eigenvalue weighted by Gasteiger charge is -2.28. The lowest BCUT2D eigenvalue weighted by Crippen LogP contribution is -2.34. The minimum atomic E-state index is -4.45. The zero-order valence-electron chi connectivity index (χ0n) is 17.0. The van der Waals surface area contributed by atoms with Gasteiger partial charge in [0.1, 0.15) is 17.5 Å². The summed E-state index contributed by atoms with van der Waals surface area (Å²) in [4.78, 5) is 20.1. The van der Waals surface area contributed by atoms with Crippen LogP contribution in [-0.2, 0) is 17.5 Å². The van der Waals surface area contributed by atoms with E-state index in [4.69, 9.17) is 0 Å². The van der Waals surface area contributed by atoms with Crippen LogP contribution in [0.5, 0.6) is 0 Å². The largest absolute Gasteiger partial charge is 0.416 e. The first-order valence-corrected chi connectivity index (χ1v) is 9.96. The number of hydrogen-bond acceptors (Lipinski definition) is 6. The predicted octanol–water partition coefficient (Wildman–Crippen LogP) is 3.70. The molecule has 0 unspecified atom stereocenters. The minimum Gasteiger partial charge on any atom is -0.366 e. The summed E-state index contributed by atoms with van der Waals surface area (Å²) in [5.74, 6) is 0.462. The third-order valence-electron chi connectivity index (χ3n) is 5.35. The number of benzene rings is 1. The van der Waals surface area contributed by atoms with Crippen LogP contribution in [0.3, 0.4) is 0 Å². The van der Waals surface area contributed by atoms with Crippen LogP contribution in [0.1, 0.15) is 42.4 Å². The van der Waals surface area contributed by atoms with Gasteiger partial charge in [-0.1, -0.05) is 18.2 Å². The molecule has 0 bridgehead atoms. The zero-order chi connectivity index (χ0) is 22.4. The van der Waals surface area contributed by atoms with Crippen LogP contribution in [0, 0.1) is 17.2 Å². The molecule has 1 heterocycles. The van der Waals surface area contributed by atoms with Crippen LogP contribution < -0.4 is 16.0 Å². The van der Waals surface area contributed by atoms with Crippen molar-refractivity contribution in [2.24, 2.45) is 5.92 Å². The van der Waals surface area contributed by atoms with Crippen LogP contribution in [0.15, 0.2) is 30.5 Å². The van der Waals surface area contributed by atoms with E-state index in [0.717, 1.165) is 31.7 Å². The van der Waals surface area contributed by atoms with Gasteiger partial charge in [0.2, 0.25) is 11.9 Å². The van der Waals surface area contributed by atoms with Crippen molar-refractivity contribution in [3.63, 3.8) is 0 Å². The molecule has 1 amide bonds. The molecule has 7 nitrogen and oxygen atoms in total. The molecule has 0 spiro atoms. The number of alkyl halides is 3. The summed E-state index contributed by atoms with van der Waals surface area (Å²) in [6, 6.07) is 7.36. The van der Waals surface area contributed by atoms with E-state index in [2.05, 4.69) is 25.9 Å². The Morgan fingerprint density at radius 1 is 1.23 bits per heavy atom. The third-order valence-corrected chi connectivity index (χ3v) is 5.35. The van der Waals surface area contributed by atoms with E-state index in [1.807, 2.05) is 6.07 Å². The summed E-state index contributed by atoms with van der Waals surface area (Å²) >= 11 is 0. The molecule has 0 aliphatic heterocycles. The fourth-order valence-electron chi connectivity index (χ4n) is 3.68. The highest BCUT2D eigenvalue weighted by molar-refractivity contribution is 5.78. The van der Waals surface area contributed by atoms with Gasteiger partial charge in [-0.15, -0.1) is 0 Å². The van der Waals surface area contributed by atoms with Gasteiger partial charge in [-0.25, -0.2) is 4.98 Å². The second-order valence-electron chi connectivity index (χ2n) is 7.38. The molecule has 3 rings (SSSR count). The molecule has 1 aliphatic carbocycles. The average Bonchev–Trinajstić information content (AvgIpc) is 2.77. The summed E-state index contributed by atoms with van der Waals surface area (Å²) in [6.45, 7) is -0.113. The van der Waals surface area contributed by atoms with Gasteiger partial charge >= 0.3 is 6.18 Å². The van der Waals surface area contributed by atoms with E-state index < -0.39 is 11.7 Å². The Bertz CT molecular complexity index is 964. The van der Waals surface area contributed by atoms with E-state index in [9.17, 15) is 23.2 Å². The van der Waals surface area contributed by atoms with Gasteiger partial charge in [-0.2, -0.15) is 23.4 Å². The second-order valence-corrected chi connectivity index (χ2v) is 7.38. The maximum absolute atomic E-state index is 13.2. The molecule has 0 atom stereocenters. The van der Waals surface area contributed by atoms with Gasteiger partial charge < -0.3 is 16.0 Å². The molecule has 31 heavy (non-hydrogen) atoms. The fraction of sp³-hybridized carbons (Fsp3) is 0.429. The average molecular weight is 432 g/mol. The van der Waals surface area contributed by atoms with E-state index in [1.165, 1.54) is 24.4 Å². The first-order chi connectivity index (χ1) is 14.8. The lowest BCUT2D eigenvalue weighted by molar-refractivity contribution is -0.138. The van der Waals surface area contributed by atoms with Crippen molar-refractivity contribution in [3.05, 3.63) is 47.2 Å². The summed E-state index contributed by atoms with van der Waals surface area (Å²) in [5, 5.41) is 18.0. The molecular weight excluding hydrogens is 409 g/mol. The summed E-state index contributed by atoms with van der Waals surface area (Å²) in [6.07, 6.45) is -0.176. The SMILES string of the molecule is CNC(=O)C1CCC(Nc2nc(NCc3ccccc3C(F)(F)F)ncc2C#N)CC1. The molecule has 2 aromatic rings. The Balaban J connectivity index is 1.68. The van der Waals surface area contributed by atoms with Crippen molar-refractivity contribution in [1.82, 2.24) is 15.3 Å². The molecule has 3 N–H and O–H groups in total. The van der Waals surface area contributed by atoms with Gasteiger partial charge in [0.05, 0.1) is 11.8 Å². The van der Waals surface area contributed by atoms with Crippen LogP contribution in [0.2, 0.25) is 0 Å². The van der Waals surface area contributed by atoms with E-state index in [1.54, 1.807) is 7.05 Å². The standard InChI is InChI=1S/C21H23F3N6O/c1-26-19(31)13-6-8-16(9-7-13)29-18-15(10-25)12-28-20(30-18)27-11-14-4-2-3-5-17(14)21(22,23)24/h2-5,12-13,16H,6-9,11H2,1H3,(H,26,31)(H2,27,28,29,30). The van der Waals surface area contributed by atoms with Crippen molar-refractivity contribution in [3.8, 4) is 6.07 Å². The number of carbonyl (C=O) groups is 1. The quantitative estimate of drug-likeness (QED) is 0.643. The molecule has 1 saturated carbocycles. The number of halogens is 3. The molecule has 0 radical (unpaired) electrons. The topological polar surface area (TPSA) is 103 Å². The fourth-order valence-corrected chi connectivity index (χ4v) is 3.68. The summed E-state index contributed by atoms with van der Waals surface area (Å²) < 4.78 is 39.5. The molecule has 1 aliphatic rings. The van der Waals surface area contributed by atoms with Crippen molar-refractivity contribution in [2.75, 3.05) is 17.7 Å². The first kappa shape index (κ1) is 22.3. The Hall–Kier alpha value is -3.35. The summed E-state index contributed by atoms with van der Waals surface area (Å²) in [7, 11) is 1.62. The normalized spacial score (nSPS) is 18.7. The van der Waals surface area contributed by atoms with Crippen LogP contribution in [-0.4, -0.2) is 29.0 Å². The molecule has 164 valence electrons. The number of nitriles is 1. The number of aromatic nitrogens is 2. The molecule has 1 fully saturated rings. The zero-order valence-corrected chi connectivity index (χ0v) is 17.0. The Morgan fingerprint density at radius 3 is 2.58 bits per heavy atom. The van der Waals surface area contributed by atoms with Gasteiger partial charge in [0, 0.05) is 25.6 Å². The number of nitrogens with zero attached hydrogens (tertiary/aromatic N) is 3. The maximum Gasteiger partial charge on any atom is 0.416 e. The third kappa shape index (κ3) is 5.63. The molecule has 10 heteroatoms. The molecule has 1 aromatic heterocycles. The van der Waals surface area contributed by atoms with Crippen molar-refractivity contribution < 1.29 is 18.0 Å². The predicted molar refractivity (Wildman–Crippen MR) is 109 cm³/mol. The van der Waals surface area contributed by atoms with Crippen LogP contribution >= 0.6 is 0 Å². The second kappa shape index (κ2) is 9.64. The number of nitrogens with one attached hydrogen (secondary N) is 3. The number of amides is 1. The van der Waals surface area contributed by atoms with Crippen molar-refractivity contribution in [1.29, 1.82) is 5.26 Å². The Kier molecular flexibility index (Phi) is 6.95. The number of carbonyl (C=O) groups excluding carboxylic acids is 1. The highest BCUT2D eigenvalue weighted by Crippen LogP contribution is 2.32. The molecule has 0 saturated heterocycles. The number of hydrogen-bond donors (Lipinski definition) is 3. The highest BCUT2D eigenvalue weighted by atomic mass is 19.4. The maximum atomic E-state index is 13.2.